The van der Waals surface area contributed by atoms with Crippen LogP contribution in [0, 0.1) is 0 Å². The molecule has 0 aliphatic rings. The fraction of sp³-hybridized carbons (Fsp3) is 0.250. The second kappa shape index (κ2) is 6.76. The summed E-state index contributed by atoms with van der Waals surface area (Å²) in [6.45, 7) is 1.41. The molecule has 0 bridgehead atoms. The quantitative estimate of drug-likeness (QED) is 0.506. The lowest BCUT2D eigenvalue weighted by molar-refractivity contribution is -0.154. The van der Waals surface area contributed by atoms with E-state index < -0.39 is 11.9 Å². The molecule has 1 aromatic carbocycles. The number of benzene rings is 1. The lowest BCUT2D eigenvalue weighted by Gasteiger charge is -2.04. The molecule has 18 heavy (non-hydrogen) atoms. The van der Waals surface area contributed by atoms with Gasteiger partial charge in [-0.1, -0.05) is 23.7 Å². The standard InChI is InChI=1S/C12H12ClNO4/c1-2-18-12(17)11(16)14-7-10(15)8-4-3-5-9(13)6-8/h3-6H,2,7H2,1H3,(H,14,16). The number of amides is 1. The molecule has 1 aromatic rings. The zero-order valence-electron chi connectivity index (χ0n) is 9.73. The van der Waals surface area contributed by atoms with Crippen molar-refractivity contribution in [2.45, 2.75) is 6.92 Å². The van der Waals surface area contributed by atoms with Gasteiger partial charge in [-0.2, -0.15) is 0 Å². The molecular weight excluding hydrogens is 258 g/mol. The molecular formula is C12H12ClNO4. The third-order valence-corrected chi connectivity index (χ3v) is 2.25. The summed E-state index contributed by atoms with van der Waals surface area (Å²) in [5.74, 6) is -2.28. The van der Waals surface area contributed by atoms with E-state index in [1.54, 1.807) is 25.1 Å². The summed E-state index contributed by atoms with van der Waals surface area (Å²) in [6.07, 6.45) is 0. The molecule has 0 fully saturated rings. The van der Waals surface area contributed by atoms with Crippen LogP contribution in [-0.2, 0) is 14.3 Å². The Hall–Kier alpha value is -1.88. The number of ether oxygens (including phenoxy) is 1. The number of halogens is 1. The van der Waals surface area contributed by atoms with E-state index in [1.165, 1.54) is 6.07 Å². The van der Waals surface area contributed by atoms with Crippen LogP contribution in [0.4, 0.5) is 0 Å². The SMILES string of the molecule is CCOC(=O)C(=O)NCC(=O)c1cccc(Cl)c1. The van der Waals surface area contributed by atoms with Crippen molar-refractivity contribution in [2.24, 2.45) is 0 Å². The molecule has 0 aromatic heterocycles. The largest absolute Gasteiger partial charge is 0.459 e. The minimum Gasteiger partial charge on any atom is -0.459 e. The summed E-state index contributed by atoms with van der Waals surface area (Å²) < 4.78 is 4.48. The van der Waals surface area contributed by atoms with E-state index in [9.17, 15) is 14.4 Å². The fourth-order valence-electron chi connectivity index (χ4n) is 1.19. The molecule has 1 N–H and O–H groups in total. The van der Waals surface area contributed by atoms with E-state index in [1.807, 2.05) is 0 Å². The van der Waals surface area contributed by atoms with Crippen molar-refractivity contribution >= 4 is 29.3 Å². The predicted octanol–water partition coefficient (Wildman–Crippen LogP) is 1.20. The molecule has 0 atom stereocenters. The van der Waals surface area contributed by atoms with Crippen molar-refractivity contribution < 1.29 is 19.1 Å². The first-order chi connectivity index (χ1) is 8.54. The summed E-state index contributed by atoms with van der Waals surface area (Å²) >= 11 is 5.73. The Morgan fingerprint density at radius 1 is 1.33 bits per heavy atom. The number of rotatable bonds is 4. The van der Waals surface area contributed by atoms with Gasteiger partial charge in [0.15, 0.2) is 5.78 Å². The van der Waals surface area contributed by atoms with Gasteiger partial charge in [0, 0.05) is 10.6 Å². The summed E-state index contributed by atoms with van der Waals surface area (Å²) in [5.41, 5.74) is 0.367. The lowest BCUT2D eigenvalue weighted by atomic mass is 10.1. The Morgan fingerprint density at radius 2 is 2.06 bits per heavy atom. The van der Waals surface area contributed by atoms with Crippen molar-refractivity contribution in [2.75, 3.05) is 13.2 Å². The van der Waals surface area contributed by atoms with Crippen LogP contribution in [-0.4, -0.2) is 30.8 Å². The average Bonchev–Trinajstić information content (AvgIpc) is 2.35. The number of hydrogen-bond acceptors (Lipinski definition) is 4. The molecule has 5 nitrogen and oxygen atoms in total. The number of hydrogen-bond donors (Lipinski definition) is 1. The Labute approximate surface area is 109 Å². The molecule has 6 heteroatoms. The molecule has 96 valence electrons. The van der Waals surface area contributed by atoms with Crippen LogP contribution in [0.1, 0.15) is 17.3 Å². The number of ketones is 1. The lowest BCUT2D eigenvalue weighted by Crippen LogP contribution is -2.36. The van der Waals surface area contributed by atoms with Crippen molar-refractivity contribution in [3.05, 3.63) is 34.9 Å². The maximum atomic E-state index is 11.7. The van der Waals surface area contributed by atoms with Crippen LogP contribution in [0.2, 0.25) is 5.02 Å². The van der Waals surface area contributed by atoms with Gasteiger partial charge in [0.05, 0.1) is 13.2 Å². The monoisotopic (exact) mass is 269 g/mol. The number of esters is 1. The van der Waals surface area contributed by atoms with E-state index in [0.29, 0.717) is 10.6 Å². The number of carbonyl (C=O) groups is 3. The van der Waals surface area contributed by atoms with Crippen molar-refractivity contribution in [3.8, 4) is 0 Å². The summed E-state index contributed by atoms with van der Waals surface area (Å²) in [4.78, 5) is 33.8. The fourth-order valence-corrected chi connectivity index (χ4v) is 1.38. The first-order valence-electron chi connectivity index (χ1n) is 5.28. The zero-order valence-corrected chi connectivity index (χ0v) is 10.5. The van der Waals surface area contributed by atoms with Crippen molar-refractivity contribution in [1.82, 2.24) is 5.32 Å². The first-order valence-corrected chi connectivity index (χ1v) is 5.66. The summed E-state index contributed by atoms with van der Waals surface area (Å²) in [5, 5.41) is 2.61. The highest BCUT2D eigenvalue weighted by atomic mass is 35.5. The average molecular weight is 270 g/mol. The molecule has 0 unspecified atom stereocenters. The van der Waals surface area contributed by atoms with E-state index in [-0.39, 0.29) is 18.9 Å². The maximum absolute atomic E-state index is 11.7. The Kier molecular flexibility index (Phi) is 5.32. The van der Waals surface area contributed by atoms with Crippen molar-refractivity contribution in [1.29, 1.82) is 0 Å². The minimum atomic E-state index is -1.00. The third-order valence-electron chi connectivity index (χ3n) is 2.02. The van der Waals surface area contributed by atoms with Crippen molar-refractivity contribution in [3.63, 3.8) is 0 Å². The van der Waals surface area contributed by atoms with Gasteiger partial charge in [-0.05, 0) is 19.1 Å². The molecule has 0 spiro atoms. The van der Waals surface area contributed by atoms with E-state index in [2.05, 4.69) is 10.1 Å². The van der Waals surface area contributed by atoms with Crippen LogP contribution in [0.3, 0.4) is 0 Å². The molecule has 0 saturated carbocycles. The maximum Gasteiger partial charge on any atom is 0.396 e. The van der Waals surface area contributed by atoms with Gasteiger partial charge in [-0.15, -0.1) is 0 Å². The van der Waals surface area contributed by atoms with Crippen LogP contribution >= 0.6 is 11.6 Å². The highest BCUT2D eigenvalue weighted by Crippen LogP contribution is 2.10. The van der Waals surface area contributed by atoms with Gasteiger partial charge in [0.25, 0.3) is 0 Å². The van der Waals surface area contributed by atoms with Gasteiger partial charge in [0.2, 0.25) is 0 Å². The molecule has 0 aliphatic heterocycles. The molecule has 0 aliphatic carbocycles. The normalized spacial score (nSPS) is 9.67. The van der Waals surface area contributed by atoms with Crippen LogP contribution < -0.4 is 5.32 Å². The number of carbonyl (C=O) groups excluding carboxylic acids is 3. The van der Waals surface area contributed by atoms with Crippen LogP contribution in [0.5, 0.6) is 0 Å². The zero-order chi connectivity index (χ0) is 13.5. The molecule has 0 radical (unpaired) electrons. The van der Waals surface area contributed by atoms with Crippen LogP contribution in [0.15, 0.2) is 24.3 Å². The number of nitrogens with one attached hydrogen (secondary N) is 1. The highest BCUT2D eigenvalue weighted by Gasteiger charge is 2.16. The minimum absolute atomic E-state index is 0.106. The van der Waals surface area contributed by atoms with Gasteiger partial charge in [-0.3, -0.25) is 9.59 Å². The Morgan fingerprint density at radius 3 is 2.67 bits per heavy atom. The van der Waals surface area contributed by atoms with E-state index in [0.717, 1.165) is 0 Å². The van der Waals surface area contributed by atoms with Gasteiger partial charge in [-0.25, -0.2) is 4.79 Å². The molecule has 1 rings (SSSR count). The smallest absolute Gasteiger partial charge is 0.396 e. The van der Waals surface area contributed by atoms with Crippen LogP contribution in [0.25, 0.3) is 0 Å². The third kappa shape index (κ3) is 4.18. The summed E-state index contributed by atoms with van der Waals surface area (Å²) in [7, 11) is 0. The highest BCUT2D eigenvalue weighted by molar-refractivity contribution is 6.33. The molecule has 0 saturated heterocycles. The van der Waals surface area contributed by atoms with Gasteiger partial charge in [0.1, 0.15) is 0 Å². The summed E-state index contributed by atoms with van der Waals surface area (Å²) in [6, 6.07) is 6.32. The second-order valence-corrected chi connectivity index (χ2v) is 3.77. The van der Waals surface area contributed by atoms with E-state index in [4.69, 9.17) is 11.6 Å². The predicted molar refractivity (Wildman–Crippen MR) is 65.4 cm³/mol. The molecule has 1 amide bonds. The van der Waals surface area contributed by atoms with E-state index >= 15 is 0 Å². The Balaban J connectivity index is 2.51. The second-order valence-electron chi connectivity index (χ2n) is 3.34. The Bertz CT molecular complexity index is 473. The molecule has 0 heterocycles. The van der Waals surface area contributed by atoms with Gasteiger partial charge >= 0.3 is 11.9 Å². The number of Topliss-reactive ketones (excluding diaryl/α,β-unsaturated/α-hetero) is 1. The van der Waals surface area contributed by atoms with Gasteiger partial charge < -0.3 is 10.1 Å². The first kappa shape index (κ1) is 14.2. The topological polar surface area (TPSA) is 72.5 Å².